The first-order valence-electron chi connectivity index (χ1n) is 5.65. The third-order valence-electron chi connectivity index (χ3n) is 2.43. The molecule has 1 heterocycles. The summed E-state index contributed by atoms with van der Waals surface area (Å²) in [7, 11) is 0. The van der Waals surface area contributed by atoms with Gasteiger partial charge in [-0.05, 0) is 18.6 Å². The third-order valence-corrected chi connectivity index (χ3v) is 3.69. The van der Waals surface area contributed by atoms with Crippen molar-refractivity contribution < 1.29 is 9.13 Å². The van der Waals surface area contributed by atoms with Crippen molar-refractivity contribution in [2.24, 2.45) is 0 Å². The van der Waals surface area contributed by atoms with Gasteiger partial charge in [-0.1, -0.05) is 13.0 Å². The van der Waals surface area contributed by atoms with Crippen LogP contribution in [0.25, 0.3) is 0 Å². The summed E-state index contributed by atoms with van der Waals surface area (Å²) in [6.07, 6.45) is 0.611. The van der Waals surface area contributed by atoms with E-state index in [-0.39, 0.29) is 11.9 Å². The van der Waals surface area contributed by atoms with Crippen LogP contribution in [0.4, 0.5) is 4.39 Å². The molecule has 0 amide bonds. The molecular formula is C13H13ClFNOS. The van der Waals surface area contributed by atoms with Gasteiger partial charge in [0.2, 0.25) is 0 Å². The van der Waals surface area contributed by atoms with Crippen LogP contribution in [0.2, 0.25) is 0 Å². The maximum absolute atomic E-state index is 13.1. The molecule has 1 aromatic carbocycles. The Hall–Kier alpha value is -1.13. The molecule has 0 aliphatic rings. The normalized spacial score (nSPS) is 12.4. The molecule has 0 fully saturated rings. The van der Waals surface area contributed by atoms with Gasteiger partial charge in [0.05, 0.1) is 11.6 Å². The summed E-state index contributed by atoms with van der Waals surface area (Å²) in [5, 5.41) is 2.79. The van der Waals surface area contributed by atoms with E-state index in [4.69, 9.17) is 16.3 Å². The number of hydrogen-bond acceptors (Lipinski definition) is 3. The molecule has 96 valence electrons. The Morgan fingerprint density at radius 2 is 2.33 bits per heavy atom. The first-order chi connectivity index (χ1) is 8.72. The number of hydrogen-bond donors (Lipinski definition) is 0. The summed E-state index contributed by atoms with van der Waals surface area (Å²) in [5.74, 6) is 0.611. The molecule has 1 aromatic heterocycles. The van der Waals surface area contributed by atoms with Crippen molar-refractivity contribution in [3.8, 4) is 5.75 Å². The monoisotopic (exact) mass is 285 g/mol. The summed E-state index contributed by atoms with van der Waals surface area (Å²) in [5.41, 5.74) is 0.845. The Kier molecular flexibility index (Phi) is 4.55. The largest absolute Gasteiger partial charge is 0.483 e. The van der Waals surface area contributed by atoms with Crippen molar-refractivity contribution >= 4 is 22.9 Å². The van der Waals surface area contributed by atoms with Crippen LogP contribution in [-0.2, 0) is 5.88 Å². The molecule has 0 aliphatic heterocycles. The number of aromatic nitrogens is 1. The second kappa shape index (κ2) is 6.16. The second-order valence-corrected chi connectivity index (χ2v) is 4.94. The number of rotatable bonds is 5. The van der Waals surface area contributed by atoms with E-state index < -0.39 is 0 Å². The van der Waals surface area contributed by atoms with Crippen LogP contribution in [0.15, 0.2) is 29.6 Å². The lowest BCUT2D eigenvalue weighted by molar-refractivity contribution is 0.200. The van der Waals surface area contributed by atoms with E-state index in [1.165, 1.54) is 23.5 Å². The quantitative estimate of drug-likeness (QED) is 0.752. The van der Waals surface area contributed by atoms with Crippen LogP contribution < -0.4 is 4.74 Å². The molecule has 0 saturated heterocycles. The molecule has 0 radical (unpaired) electrons. The van der Waals surface area contributed by atoms with Crippen LogP contribution in [0.3, 0.4) is 0 Å². The van der Waals surface area contributed by atoms with Crippen molar-refractivity contribution in [2.75, 3.05) is 0 Å². The molecule has 0 bridgehead atoms. The number of halogens is 2. The minimum Gasteiger partial charge on any atom is -0.483 e. The lowest BCUT2D eigenvalue weighted by Crippen LogP contribution is -2.06. The Balaban J connectivity index is 2.14. The van der Waals surface area contributed by atoms with Gasteiger partial charge in [0, 0.05) is 11.4 Å². The van der Waals surface area contributed by atoms with E-state index >= 15 is 0 Å². The van der Waals surface area contributed by atoms with E-state index in [1.54, 1.807) is 12.1 Å². The van der Waals surface area contributed by atoms with Crippen molar-refractivity contribution in [3.63, 3.8) is 0 Å². The summed E-state index contributed by atoms with van der Waals surface area (Å²) in [4.78, 5) is 4.39. The van der Waals surface area contributed by atoms with Gasteiger partial charge in [0.15, 0.2) is 0 Å². The summed E-state index contributed by atoms with van der Waals surface area (Å²) < 4.78 is 18.8. The van der Waals surface area contributed by atoms with Crippen molar-refractivity contribution in [1.29, 1.82) is 0 Å². The van der Waals surface area contributed by atoms with Crippen LogP contribution in [0, 0.1) is 5.82 Å². The Morgan fingerprint density at radius 1 is 1.50 bits per heavy atom. The van der Waals surface area contributed by atoms with Gasteiger partial charge in [-0.25, -0.2) is 9.37 Å². The standard InChI is InChI=1S/C13H13ClFNOS/c1-2-12(13-16-10(7-14)8-18-13)17-11-5-3-4-9(15)6-11/h3-6,8,12H,2,7H2,1H3. The highest BCUT2D eigenvalue weighted by Crippen LogP contribution is 2.27. The maximum atomic E-state index is 13.1. The fraction of sp³-hybridized carbons (Fsp3) is 0.308. The van der Waals surface area contributed by atoms with E-state index in [1.807, 2.05) is 12.3 Å². The van der Waals surface area contributed by atoms with Crippen LogP contribution in [-0.4, -0.2) is 4.98 Å². The van der Waals surface area contributed by atoms with E-state index in [9.17, 15) is 4.39 Å². The smallest absolute Gasteiger partial charge is 0.150 e. The minimum absolute atomic E-state index is 0.159. The SMILES string of the molecule is CCC(Oc1cccc(F)c1)c1nc(CCl)cs1. The highest BCUT2D eigenvalue weighted by Gasteiger charge is 2.15. The highest BCUT2D eigenvalue weighted by atomic mass is 35.5. The highest BCUT2D eigenvalue weighted by molar-refractivity contribution is 7.09. The van der Waals surface area contributed by atoms with Gasteiger partial charge < -0.3 is 4.74 Å². The average Bonchev–Trinajstić information content (AvgIpc) is 2.84. The molecule has 0 spiro atoms. The summed E-state index contributed by atoms with van der Waals surface area (Å²) >= 11 is 7.24. The predicted octanol–water partition coefficient (Wildman–Crippen LogP) is 4.55. The average molecular weight is 286 g/mol. The van der Waals surface area contributed by atoms with Crippen LogP contribution in [0.1, 0.15) is 30.2 Å². The third kappa shape index (κ3) is 3.21. The molecule has 5 heteroatoms. The van der Waals surface area contributed by atoms with Crippen molar-refractivity contribution in [1.82, 2.24) is 4.98 Å². The second-order valence-electron chi connectivity index (χ2n) is 3.78. The molecule has 1 unspecified atom stereocenters. The number of thiazole rings is 1. The number of nitrogens with zero attached hydrogens (tertiary/aromatic N) is 1. The van der Waals surface area contributed by atoms with Gasteiger partial charge in [0.1, 0.15) is 22.7 Å². The topological polar surface area (TPSA) is 22.1 Å². The minimum atomic E-state index is -0.303. The lowest BCUT2D eigenvalue weighted by Gasteiger charge is -2.15. The predicted molar refractivity (Wildman–Crippen MR) is 71.7 cm³/mol. The Morgan fingerprint density at radius 3 is 2.94 bits per heavy atom. The molecule has 2 nitrogen and oxygen atoms in total. The van der Waals surface area contributed by atoms with Crippen molar-refractivity contribution in [2.45, 2.75) is 25.3 Å². The number of ether oxygens (including phenoxy) is 1. The molecule has 18 heavy (non-hydrogen) atoms. The molecular weight excluding hydrogens is 273 g/mol. The van der Waals surface area contributed by atoms with Crippen LogP contribution in [0.5, 0.6) is 5.75 Å². The molecule has 2 aromatic rings. The fourth-order valence-electron chi connectivity index (χ4n) is 1.54. The zero-order valence-electron chi connectivity index (χ0n) is 9.90. The number of alkyl halides is 1. The zero-order chi connectivity index (χ0) is 13.0. The zero-order valence-corrected chi connectivity index (χ0v) is 11.5. The summed E-state index contributed by atoms with van der Waals surface area (Å²) in [6, 6.07) is 6.13. The van der Waals surface area contributed by atoms with E-state index in [0.29, 0.717) is 11.6 Å². The molecule has 0 N–H and O–H groups in total. The van der Waals surface area contributed by atoms with E-state index in [2.05, 4.69) is 4.98 Å². The first kappa shape index (κ1) is 13.3. The Labute approximate surface area is 114 Å². The van der Waals surface area contributed by atoms with E-state index in [0.717, 1.165) is 17.1 Å². The fourth-order valence-corrected chi connectivity index (χ4v) is 2.70. The van der Waals surface area contributed by atoms with Gasteiger partial charge in [-0.15, -0.1) is 22.9 Å². The first-order valence-corrected chi connectivity index (χ1v) is 7.06. The van der Waals surface area contributed by atoms with Crippen molar-refractivity contribution in [3.05, 3.63) is 46.2 Å². The number of benzene rings is 1. The van der Waals surface area contributed by atoms with Gasteiger partial charge in [-0.2, -0.15) is 0 Å². The lowest BCUT2D eigenvalue weighted by atomic mass is 10.2. The van der Waals surface area contributed by atoms with Gasteiger partial charge in [0.25, 0.3) is 0 Å². The maximum Gasteiger partial charge on any atom is 0.150 e. The molecule has 0 aliphatic carbocycles. The van der Waals surface area contributed by atoms with Gasteiger partial charge in [-0.3, -0.25) is 0 Å². The molecule has 2 rings (SSSR count). The summed E-state index contributed by atoms with van der Waals surface area (Å²) in [6.45, 7) is 2.01. The Bertz CT molecular complexity index is 517. The van der Waals surface area contributed by atoms with Crippen LogP contribution >= 0.6 is 22.9 Å². The molecule has 0 saturated carbocycles. The molecule has 1 atom stereocenters. The van der Waals surface area contributed by atoms with Gasteiger partial charge >= 0.3 is 0 Å².